The largest absolute Gasteiger partial charge is 0.503 e. The lowest BCUT2D eigenvalue weighted by Crippen LogP contribution is -2.03. The number of carboxylic acids is 1. The van der Waals surface area contributed by atoms with Crippen LogP contribution in [0.5, 0.6) is 11.5 Å². The van der Waals surface area contributed by atoms with Crippen molar-refractivity contribution < 1.29 is 19.7 Å². The summed E-state index contributed by atoms with van der Waals surface area (Å²) in [7, 11) is 0. The summed E-state index contributed by atoms with van der Waals surface area (Å²) in [6, 6.07) is 8.39. The summed E-state index contributed by atoms with van der Waals surface area (Å²) in [4.78, 5) is 14.4. The maximum atomic E-state index is 10.8. The van der Waals surface area contributed by atoms with Crippen LogP contribution in [0.2, 0.25) is 5.02 Å². The number of aromatic nitrogens is 1. The molecule has 0 radical (unpaired) electrons. The maximum Gasteiger partial charge on any atom is 0.358 e. The van der Waals surface area contributed by atoms with Gasteiger partial charge in [0, 0.05) is 17.3 Å². The van der Waals surface area contributed by atoms with E-state index in [0.717, 1.165) is 5.56 Å². The van der Waals surface area contributed by atoms with Crippen molar-refractivity contribution in [3.8, 4) is 11.5 Å². The van der Waals surface area contributed by atoms with E-state index in [9.17, 15) is 9.90 Å². The van der Waals surface area contributed by atoms with Gasteiger partial charge in [-0.15, -0.1) is 0 Å². The van der Waals surface area contributed by atoms with E-state index >= 15 is 0 Å². The van der Waals surface area contributed by atoms with Crippen molar-refractivity contribution >= 4 is 17.6 Å². The second-order valence-electron chi connectivity index (χ2n) is 3.73. The Balaban J connectivity index is 2.13. The van der Waals surface area contributed by atoms with Gasteiger partial charge >= 0.3 is 5.97 Å². The molecule has 0 aliphatic heterocycles. The molecule has 2 rings (SSSR count). The zero-order valence-corrected chi connectivity index (χ0v) is 10.5. The summed E-state index contributed by atoms with van der Waals surface area (Å²) >= 11 is 5.76. The number of hydrogen-bond donors (Lipinski definition) is 2. The Morgan fingerprint density at radius 3 is 2.58 bits per heavy atom. The van der Waals surface area contributed by atoms with Crippen LogP contribution in [0.4, 0.5) is 0 Å². The fourth-order valence-electron chi connectivity index (χ4n) is 1.45. The summed E-state index contributed by atoms with van der Waals surface area (Å²) in [6.07, 6.45) is 1.26. The summed E-state index contributed by atoms with van der Waals surface area (Å²) in [5, 5.41) is 19.1. The van der Waals surface area contributed by atoms with E-state index in [1.165, 1.54) is 12.3 Å². The zero-order chi connectivity index (χ0) is 13.8. The molecule has 0 aliphatic rings. The van der Waals surface area contributed by atoms with E-state index in [1.807, 2.05) is 0 Å². The highest BCUT2D eigenvalue weighted by Crippen LogP contribution is 2.28. The molecule has 0 amide bonds. The van der Waals surface area contributed by atoms with Crippen LogP contribution in [0.15, 0.2) is 36.5 Å². The molecule has 0 aliphatic carbocycles. The minimum Gasteiger partial charge on any atom is -0.503 e. The van der Waals surface area contributed by atoms with Gasteiger partial charge in [-0.3, -0.25) is 0 Å². The van der Waals surface area contributed by atoms with Crippen LogP contribution < -0.4 is 4.74 Å². The molecule has 2 aromatic rings. The first kappa shape index (κ1) is 13.2. The number of carboxylic acid groups (broad SMARTS) is 1. The molecule has 1 aromatic heterocycles. The predicted octanol–water partition coefficient (Wildman–Crippen LogP) is 2.72. The van der Waals surface area contributed by atoms with Gasteiger partial charge in [-0.1, -0.05) is 23.7 Å². The van der Waals surface area contributed by atoms with Crippen LogP contribution >= 0.6 is 11.6 Å². The monoisotopic (exact) mass is 279 g/mol. The summed E-state index contributed by atoms with van der Waals surface area (Å²) in [5.74, 6) is -1.72. The van der Waals surface area contributed by atoms with E-state index in [4.69, 9.17) is 21.4 Å². The summed E-state index contributed by atoms with van der Waals surface area (Å²) in [6.45, 7) is 0.188. The van der Waals surface area contributed by atoms with Crippen LogP contribution in [0.1, 0.15) is 16.1 Å². The maximum absolute atomic E-state index is 10.8. The number of ether oxygens (including phenoxy) is 1. The van der Waals surface area contributed by atoms with Crippen molar-refractivity contribution in [2.24, 2.45) is 0 Å². The first-order valence-electron chi connectivity index (χ1n) is 5.36. The molecule has 0 spiro atoms. The third-order valence-electron chi connectivity index (χ3n) is 2.40. The van der Waals surface area contributed by atoms with Gasteiger partial charge < -0.3 is 14.9 Å². The molecule has 1 aromatic carbocycles. The first-order chi connectivity index (χ1) is 9.08. The first-order valence-corrected chi connectivity index (χ1v) is 5.74. The standard InChI is InChI=1S/C13H10ClNO4/c14-9-3-1-8(2-4-9)7-19-10-5-6-15-11(12(10)16)13(17)18/h1-6,16H,7H2,(H,17,18). The van der Waals surface area contributed by atoms with Crippen molar-refractivity contribution in [2.75, 3.05) is 0 Å². The minimum absolute atomic E-state index is 0.0716. The number of nitrogens with zero attached hydrogens (tertiary/aromatic N) is 1. The lowest BCUT2D eigenvalue weighted by Gasteiger charge is -2.09. The Bertz CT molecular complexity index is 598. The van der Waals surface area contributed by atoms with Gasteiger partial charge in [-0.05, 0) is 17.7 Å². The SMILES string of the molecule is O=C(O)c1nccc(OCc2ccc(Cl)cc2)c1O. The molecule has 98 valence electrons. The van der Waals surface area contributed by atoms with Crippen LogP contribution in [0.25, 0.3) is 0 Å². The molecule has 5 nitrogen and oxygen atoms in total. The van der Waals surface area contributed by atoms with Gasteiger partial charge in [-0.25, -0.2) is 9.78 Å². The fraction of sp³-hybridized carbons (Fsp3) is 0.0769. The minimum atomic E-state index is -1.31. The Morgan fingerprint density at radius 2 is 1.95 bits per heavy atom. The van der Waals surface area contributed by atoms with Gasteiger partial charge in [-0.2, -0.15) is 0 Å². The zero-order valence-electron chi connectivity index (χ0n) is 9.71. The molecule has 0 atom stereocenters. The van der Waals surface area contributed by atoms with Gasteiger partial charge in [0.2, 0.25) is 0 Å². The van der Waals surface area contributed by atoms with Gasteiger partial charge in [0.1, 0.15) is 6.61 Å². The third kappa shape index (κ3) is 3.14. The molecule has 6 heteroatoms. The molecule has 0 bridgehead atoms. The quantitative estimate of drug-likeness (QED) is 0.899. The van der Waals surface area contributed by atoms with Gasteiger partial charge in [0.15, 0.2) is 17.2 Å². The third-order valence-corrected chi connectivity index (χ3v) is 2.65. The van der Waals surface area contributed by atoms with E-state index < -0.39 is 17.4 Å². The van der Waals surface area contributed by atoms with Crippen LogP contribution in [-0.2, 0) is 6.61 Å². The Kier molecular flexibility index (Phi) is 3.87. The lowest BCUT2D eigenvalue weighted by molar-refractivity contribution is 0.0686. The molecule has 0 fully saturated rings. The molecule has 0 saturated carbocycles. The predicted molar refractivity (Wildman–Crippen MR) is 68.6 cm³/mol. The number of halogens is 1. The van der Waals surface area contributed by atoms with E-state index in [0.29, 0.717) is 5.02 Å². The number of hydrogen-bond acceptors (Lipinski definition) is 4. The average molecular weight is 280 g/mol. The second-order valence-corrected chi connectivity index (χ2v) is 4.16. The van der Waals surface area contributed by atoms with Crippen molar-refractivity contribution in [3.05, 3.63) is 52.8 Å². The smallest absolute Gasteiger partial charge is 0.358 e. The van der Waals surface area contributed by atoms with Crippen molar-refractivity contribution in [3.63, 3.8) is 0 Å². The number of benzene rings is 1. The molecule has 19 heavy (non-hydrogen) atoms. The average Bonchev–Trinajstić information content (AvgIpc) is 2.39. The highest BCUT2D eigenvalue weighted by Gasteiger charge is 2.15. The number of aromatic hydroxyl groups is 1. The highest BCUT2D eigenvalue weighted by atomic mass is 35.5. The van der Waals surface area contributed by atoms with E-state index in [1.54, 1.807) is 24.3 Å². The Morgan fingerprint density at radius 1 is 1.26 bits per heavy atom. The molecule has 0 saturated heterocycles. The molecule has 2 N–H and O–H groups in total. The highest BCUT2D eigenvalue weighted by molar-refractivity contribution is 6.30. The number of pyridine rings is 1. The van der Waals surface area contributed by atoms with Crippen LogP contribution in [-0.4, -0.2) is 21.2 Å². The number of aromatic carboxylic acids is 1. The number of rotatable bonds is 4. The van der Waals surface area contributed by atoms with Crippen molar-refractivity contribution in [1.29, 1.82) is 0 Å². The topological polar surface area (TPSA) is 79.7 Å². The Hall–Kier alpha value is -2.27. The number of carbonyl (C=O) groups is 1. The normalized spacial score (nSPS) is 10.2. The lowest BCUT2D eigenvalue weighted by atomic mass is 10.2. The van der Waals surface area contributed by atoms with E-state index in [2.05, 4.69) is 4.98 Å². The van der Waals surface area contributed by atoms with Crippen molar-refractivity contribution in [2.45, 2.75) is 6.61 Å². The molecule has 0 unspecified atom stereocenters. The Labute approximate surface area is 114 Å². The van der Waals surface area contributed by atoms with Gasteiger partial charge in [0.05, 0.1) is 0 Å². The summed E-state index contributed by atoms with van der Waals surface area (Å²) < 4.78 is 5.36. The second kappa shape index (κ2) is 5.58. The van der Waals surface area contributed by atoms with Crippen LogP contribution in [0, 0.1) is 0 Å². The van der Waals surface area contributed by atoms with Crippen LogP contribution in [0.3, 0.4) is 0 Å². The fourth-order valence-corrected chi connectivity index (χ4v) is 1.58. The molecular weight excluding hydrogens is 270 g/mol. The van der Waals surface area contributed by atoms with E-state index in [-0.39, 0.29) is 12.4 Å². The van der Waals surface area contributed by atoms with Gasteiger partial charge in [0.25, 0.3) is 0 Å². The van der Waals surface area contributed by atoms with Crippen molar-refractivity contribution in [1.82, 2.24) is 4.98 Å². The molecule has 1 heterocycles. The molecular formula is C13H10ClNO4. The summed E-state index contributed by atoms with van der Waals surface area (Å²) in [5.41, 5.74) is 0.408.